The van der Waals surface area contributed by atoms with E-state index in [0.717, 1.165) is 50.2 Å². The van der Waals surface area contributed by atoms with Crippen LogP contribution in [0.15, 0.2) is 23.2 Å². The number of aliphatic imine (C=N–C) groups is 1. The summed E-state index contributed by atoms with van der Waals surface area (Å²) in [6.07, 6.45) is 1.13. The molecule has 3 rings (SSSR count). The highest BCUT2D eigenvalue weighted by Gasteiger charge is 2.25. The number of fused-ring (bicyclic) bond motifs is 1. The average molecular weight is 347 g/mol. The Hall–Kier alpha value is -1.95. The van der Waals surface area contributed by atoms with Crippen molar-refractivity contribution in [2.24, 2.45) is 10.9 Å². The minimum atomic E-state index is -0.0613. The average Bonchev–Trinajstić information content (AvgIpc) is 3.25. The van der Waals surface area contributed by atoms with E-state index in [4.69, 9.17) is 14.2 Å². The lowest BCUT2D eigenvalue weighted by Crippen LogP contribution is -2.45. The Morgan fingerprint density at radius 3 is 2.84 bits per heavy atom. The van der Waals surface area contributed by atoms with Crippen molar-refractivity contribution >= 4 is 5.96 Å². The van der Waals surface area contributed by atoms with Gasteiger partial charge in [0.1, 0.15) is 0 Å². The fraction of sp³-hybridized carbons (Fsp3) is 0.632. The summed E-state index contributed by atoms with van der Waals surface area (Å²) in [4.78, 5) is 6.62. The molecule has 0 spiro atoms. The maximum absolute atomic E-state index is 5.51. The van der Waals surface area contributed by atoms with Gasteiger partial charge in [0.25, 0.3) is 0 Å². The van der Waals surface area contributed by atoms with Crippen molar-refractivity contribution in [3.8, 4) is 11.5 Å². The van der Waals surface area contributed by atoms with Gasteiger partial charge in [-0.25, -0.2) is 0 Å². The van der Waals surface area contributed by atoms with Crippen LogP contribution in [-0.2, 0) is 10.2 Å². The largest absolute Gasteiger partial charge is 0.454 e. The second kappa shape index (κ2) is 7.52. The molecule has 6 nitrogen and oxygen atoms in total. The van der Waals surface area contributed by atoms with Crippen LogP contribution >= 0.6 is 0 Å². The van der Waals surface area contributed by atoms with Crippen molar-refractivity contribution in [2.45, 2.75) is 25.7 Å². The molecule has 1 unspecified atom stereocenters. The summed E-state index contributed by atoms with van der Waals surface area (Å²) < 4.78 is 16.4. The standard InChI is InChI=1S/C19H29N3O3/c1-19(2,15-5-6-16-17(9-15)25-13-24-16)12-21-18(20-3)22(4)10-14-7-8-23-11-14/h5-6,9,14H,7-8,10-13H2,1-4H3,(H,20,21). The number of nitrogens with one attached hydrogen (secondary N) is 1. The van der Waals surface area contributed by atoms with E-state index in [0.29, 0.717) is 12.7 Å². The molecule has 2 heterocycles. The van der Waals surface area contributed by atoms with Crippen LogP contribution in [0.3, 0.4) is 0 Å². The van der Waals surface area contributed by atoms with Gasteiger partial charge in [-0.1, -0.05) is 19.9 Å². The fourth-order valence-corrected chi connectivity index (χ4v) is 3.31. The maximum Gasteiger partial charge on any atom is 0.231 e. The van der Waals surface area contributed by atoms with E-state index in [1.54, 1.807) is 0 Å². The molecule has 1 atom stereocenters. The second-order valence-corrected chi connectivity index (χ2v) is 7.46. The number of rotatable bonds is 5. The molecular formula is C19H29N3O3. The number of hydrogen-bond acceptors (Lipinski definition) is 4. The summed E-state index contributed by atoms with van der Waals surface area (Å²) in [5.41, 5.74) is 1.15. The van der Waals surface area contributed by atoms with Crippen molar-refractivity contribution in [3.05, 3.63) is 23.8 Å². The summed E-state index contributed by atoms with van der Waals surface area (Å²) in [7, 11) is 3.92. The van der Waals surface area contributed by atoms with E-state index in [1.165, 1.54) is 5.56 Å². The highest BCUT2D eigenvalue weighted by atomic mass is 16.7. The van der Waals surface area contributed by atoms with Crippen LogP contribution in [0.1, 0.15) is 25.8 Å². The van der Waals surface area contributed by atoms with Gasteiger partial charge in [-0.2, -0.15) is 0 Å². The summed E-state index contributed by atoms with van der Waals surface area (Å²) in [5, 5.41) is 3.51. The molecule has 25 heavy (non-hydrogen) atoms. The van der Waals surface area contributed by atoms with Crippen LogP contribution in [0.4, 0.5) is 0 Å². The van der Waals surface area contributed by atoms with Crippen LogP contribution in [0.5, 0.6) is 11.5 Å². The number of ether oxygens (including phenoxy) is 3. The van der Waals surface area contributed by atoms with Gasteiger partial charge >= 0.3 is 0 Å². The Morgan fingerprint density at radius 2 is 2.12 bits per heavy atom. The molecule has 1 aromatic carbocycles. The first-order valence-corrected chi connectivity index (χ1v) is 8.89. The summed E-state index contributed by atoms with van der Waals surface area (Å²) in [6, 6.07) is 6.17. The highest BCUT2D eigenvalue weighted by molar-refractivity contribution is 5.79. The topological polar surface area (TPSA) is 55.3 Å². The lowest BCUT2D eigenvalue weighted by Gasteiger charge is -2.30. The van der Waals surface area contributed by atoms with Gasteiger partial charge in [-0.05, 0) is 24.1 Å². The lowest BCUT2D eigenvalue weighted by atomic mass is 9.84. The van der Waals surface area contributed by atoms with Crippen LogP contribution in [0.2, 0.25) is 0 Å². The van der Waals surface area contributed by atoms with Gasteiger partial charge in [0.05, 0.1) is 6.61 Å². The Kier molecular flexibility index (Phi) is 5.37. The molecule has 0 bridgehead atoms. The normalized spacial score (nSPS) is 20.0. The zero-order chi connectivity index (χ0) is 17.9. The molecule has 0 saturated carbocycles. The van der Waals surface area contributed by atoms with E-state index >= 15 is 0 Å². The fourth-order valence-electron chi connectivity index (χ4n) is 3.31. The summed E-state index contributed by atoms with van der Waals surface area (Å²) in [5.74, 6) is 3.15. The molecule has 0 aliphatic carbocycles. The highest BCUT2D eigenvalue weighted by Crippen LogP contribution is 2.36. The molecule has 1 aromatic rings. The minimum absolute atomic E-state index is 0.0613. The monoisotopic (exact) mass is 347 g/mol. The predicted molar refractivity (Wildman–Crippen MR) is 98.5 cm³/mol. The van der Waals surface area contributed by atoms with Crippen LogP contribution in [-0.4, -0.2) is 58.1 Å². The van der Waals surface area contributed by atoms with Gasteiger partial charge in [0.2, 0.25) is 6.79 Å². The van der Waals surface area contributed by atoms with E-state index in [2.05, 4.69) is 48.2 Å². The number of benzene rings is 1. The van der Waals surface area contributed by atoms with Crippen LogP contribution in [0, 0.1) is 5.92 Å². The molecule has 0 radical (unpaired) electrons. The quantitative estimate of drug-likeness (QED) is 0.654. The van der Waals surface area contributed by atoms with Gasteiger partial charge in [0.15, 0.2) is 17.5 Å². The Balaban J connectivity index is 1.59. The van der Waals surface area contributed by atoms with Gasteiger partial charge < -0.3 is 24.4 Å². The van der Waals surface area contributed by atoms with Crippen molar-refractivity contribution in [2.75, 3.05) is 47.2 Å². The molecule has 0 amide bonds. The summed E-state index contributed by atoms with van der Waals surface area (Å²) in [6.45, 7) is 8.21. The second-order valence-electron chi connectivity index (χ2n) is 7.46. The first-order chi connectivity index (χ1) is 12.0. The third-order valence-corrected chi connectivity index (χ3v) is 4.97. The lowest BCUT2D eigenvalue weighted by molar-refractivity contribution is 0.174. The first-order valence-electron chi connectivity index (χ1n) is 8.89. The molecule has 6 heteroatoms. The third-order valence-electron chi connectivity index (χ3n) is 4.97. The van der Waals surface area contributed by atoms with E-state index in [1.807, 2.05) is 13.1 Å². The molecule has 138 valence electrons. The van der Waals surface area contributed by atoms with Crippen molar-refractivity contribution in [1.82, 2.24) is 10.2 Å². The number of nitrogens with zero attached hydrogens (tertiary/aromatic N) is 2. The van der Waals surface area contributed by atoms with Crippen molar-refractivity contribution < 1.29 is 14.2 Å². The molecule has 2 aliphatic heterocycles. The Labute approximate surface area is 150 Å². The van der Waals surface area contributed by atoms with Crippen LogP contribution < -0.4 is 14.8 Å². The van der Waals surface area contributed by atoms with Crippen molar-refractivity contribution in [3.63, 3.8) is 0 Å². The van der Waals surface area contributed by atoms with Gasteiger partial charge in [0, 0.05) is 45.1 Å². The molecule has 2 aliphatic rings. The maximum atomic E-state index is 5.51. The summed E-state index contributed by atoms with van der Waals surface area (Å²) >= 11 is 0. The van der Waals surface area contributed by atoms with Crippen LogP contribution in [0.25, 0.3) is 0 Å². The Morgan fingerprint density at radius 1 is 1.32 bits per heavy atom. The molecule has 1 fully saturated rings. The van der Waals surface area contributed by atoms with Gasteiger partial charge in [-0.3, -0.25) is 4.99 Å². The minimum Gasteiger partial charge on any atom is -0.454 e. The Bertz CT molecular complexity index is 624. The molecule has 1 N–H and O–H groups in total. The number of guanidine groups is 1. The molecule has 0 aromatic heterocycles. The molecule has 1 saturated heterocycles. The van der Waals surface area contributed by atoms with E-state index < -0.39 is 0 Å². The first kappa shape index (κ1) is 17.9. The van der Waals surface area contributed by atoms with E-state index in [-0.39, 0.29) is 5.41 Å². The van der Waals surface area contributed by atoms with Crippen molar-refractivity contribution in [1.29, 1.82) is 0 Å². The predicted octanol–water partition coefficient (Wildman–Crippen LogP) is 2.24. The zero-order valence-electron chi connectivity index (χ0n) is 15.7. The zero-order valence-corrected chi connectivity index (χ0v) is 15.7. The molecular weight excluding hydrogens is 318 g/mol. The smallest absolute Gasteiger partial charge is 0.231 e. The van der Waals surface area contributed by atoms with Gasteiger partial charge in [-0.15, -0.1) is 0 Å². The van der Waals surface area contributed by atoms with E-state index in [9.17, 15) is 0 Å². The SMILES string of the molecule is CN=C(NCC(C)(C)c1ccc2c(c1)OCO2)N(C)CC1CCOC1. The third kappa shape index (κ3) is 4.18. The number of hydrogen-bond donors (Lipinski definition) is 1.